The second kappa shape index (κ2) is 8.11. The number of carbonyl (C=O) groups is 1. The quantitative estimate of drug-likeness (QED) is 0.689. The summed E-state index contributed by atoms with van der Waals surface area (Å²) in [6, 6.07) is 16.7. The van der Waals surface area contributed by atoms with E-state index in [2.05, 4.69) is 52.6 Å². The summed E-state index contributed by atoms with van der Waals surface area (Å²) in [5, 5.41) is 7.57. The summed E-state index contributed by atoms with van der Waals surface area (Å²) in [5.41, 5.74) is 8.05. The Labute approximate surface area is 172 Å². The molecule has 1 amide bonds. The lowest BCUT2D eigenvalue weighted by Gasteiger charge is -2.21. The highest BCUT2D eigenvalue weighted by Gasteiger charge is 2.19. The first-order valence-corrected chi connectivity index (χ1v) is 10.2. The van der Waals surface area contributed by atoms with E-state index < -0.39 is 0 Å². The second-order valence-electron chi connectivity index (χ2n) is 7.78. The van der Waals surface area contributed by atoms with E-state index in [1.54, 1.807) is 0 Å². The monoisotopic (exact) mass is 388 g/mol. The first-order chi connectivity index (χ1) is 14.0. The fourth-order valence-corrected chi connectivity index (χ4v) is 4.19. The number of para-hydroxylation sites is 2. The summed E-state index contributed by atoms with van der Waals surface area (Å²) in [6.45, 7) is 5.87. The average Bonchev–Trinajstić information content (AvgIpc) is 3.22. The molecule has 1 aromatic heterocycles. The molecule has 0 fully saturated rings. The number of hydrogen-bond acceptors (Lipinski definition) is 3. The predicted molar refractivity (Wildman–Crippen MR) is 117 cm³/mol. The summed E-state index contributed by atoms with van der Waals surface area (Å²) in [4.78, 5) is 15.0. The molecule has 0 unspecified atom stereocenters. The van der Waals surface area contributed by atoms with Crippen molar-refractivity contribution in [1.82, 2.24) is 9.78 Å². The maximum absolute atomic E-state index is 12.7. The van der Waals surface area contributed by atoms with Crippen molar-refractivity contribution in [2.75, 3.05) is 16.8 Å². The Hall–Kier alpha value is -3.08. The number of aromatic nitrogens is 2. The van der Waals surface area contributed by atoms with Crippen LogP contribution in [0.15, 0.2) is 48.5 Å². The SMILES string of the molecule is Cc1nn(C)c(C)c1CCC(=O)Nc1ccccc1CN1CCc2ccccc21. The Morgan fingerprint density at radius 3 is 2.66 bits per heavy atom. The van der Waals surface area contributed by atoms with Gasteiger partial charge in [0, 0.05) is 43.6 Å². The molecule has 3 aromatic rings. The number of anilines is 2. The van der Waals surface area contributed by atoms with Gasteiger partial charge in [-0.25, -0.2) is 0 Å². The molecule has 0 aliphatic carbocycles. The number of rotatable bonds is 6. The van der Waals surface area contributed by atoms with Crippen LogP contribution in [0.4, 0.5) is 11.4 Å². The number of fused-ring (bicyclic) bond motifs is 1. The van der Waals surface area contributed by atoms with E-state index in [0.29, 0.717) is 12.8 Å². The third kappa shape index (κ3) is 4.04. The number of benzene rings is 2. The highest BCUT2D eigenvalue weighted by molar-refractivity contribution is 5.91. The number of nitrogens with zero attached hydrogens (tertiary/aromatic N) is 3. The molecular weight excluding hydrogens is 360 g/mol. The van der Waals surface area contributed by atoms with Crippen LogP contribution in [0.2, 0.25) is 0 Å². The molecule has 1 aliphatic heterocycles. The second-order valence-corrected chi connectivity index (χ2v) is 7.78. The van der Waals surface area contributed by atoms with Gasteiger partial charge in [-0.3, -0.25) is 9.48 Å². The molecule has 150 valence electrons. The zero-order valence-corrected chi connectivity index (χ0v) is 17.4. The zero-order valence-electron chi connectivity index (χ0n) is 17.4. The van der Waals surface area contributed by atoms with E-state index in [4.69, 9.17) is 0 Å². The molecular formula is C24H28N4O. The average molecular weight is 389 g/mol. The van der Waals surface area contributed by atoms with Gasteiger partial charge in [0.2, 0.25) is 5.91 Å². The summed E-state index contributed by atoms with van der Waals surface area (Å²) in [5.74, 6) is 0.0434. The van der Waals surface area contributed by atoms with Crippen LogP contribution in [0.3, 0.4) is 0 Å². The van der Waals surface area contributed by atoms with Gasteiger partial charge in [-0.05, 0) is 55.5 Å². The predicted octanol–water partition coefficient (Wildman–Crippen LogP) is 4.17. The summed E-state index contributed by atoms with van der Waals surface area (Å²) in [7, 11) is 1.94. The molecule has 2 heterocycles. The molecule has 4 rings (SSSR count). The van der Waals surface area contributed by atoms with Crippen LogP contribution in [0, 0.1) is 13.8 Å². The number of amides is 1. The largest absolute Gasteiger partial charge is 0.367 e. The van der Waals surface area contributed by atoms with Crippen LogP contribution < -0.4 is 10.2 Å². The van der Waals surface area contributed by atoms with Crippen LogP contribution in [0.25, 0.3) is 0 Å². The molecule has 1 aliphatic rings. The lowest BCUT2D eigenvalue weighted by Crippen LogP contribution is -2.21. The summed E-state index contributed by atoms with van der Waals surface area (Å²) >= 11 is 0. The number of nitrogens with one attached hydrogen (secondary N) is 1. The Kier molecular flexibility index (Phi) is 5.38. The van der Waals surface area contributed by atoms with E-state index in [1.807, 2.05) is 36.9 Å². The number of hydrogen-bond donors (Lipinski definition) is 1. The normalized spacial score (nSPS) is 12.9. The van der Waals surface area contributed by atoms with Gasteiger partial charge in [-0.2, -0.15) is 5.10 Å². The first-order valence-electron chi connectivity index (χ1n) is 10.2. The maximum Gasteiger partial charge on any atom is 0.224 e. The highest BCUT2D eigenvalue weighted by Crippen LogP contribution is 2.30. The van der Waals surface area contributed by atoms with Crippen molar-refractivity contribution in [1.29, 1.82) is 0 Å². The smallest absolute Gasteiger partial charge is 0.224 e. The standard InChI is InChI=1S/C24H28N4O/c1-17-21(18(2)27(3)26-17)12-13-24(29)25-22-10-6-4-9-20(22)16-28-15-14-19-8-5-7-11-23(19)28/h4-11H,12-16H2,1-3H3,(H,25,29). The van der Waals surface area contributed by atoms with E-state index >= 15 is 0 Å². The topological polar surface area (TPSA) is 50.2 Å². The molecule has 0 spiro atoms. The van der Waals surface area contributed by atoms with Gasteiger partial charge in [0.15, 0.2) is 0 Å². The van der Waals surface area contributed by atoms with Crippen molar-refractivity contribution in [3.05, 3.63) is 76.6 Å². The Morgan fingerprint density at radius 1 is 1.10 bits per heavy atom. The Balaban J connectivity index is 1.43. The first kappa shape index (κ1) is 19.2. The van der Waals surface area contributed by atoms with Gasteiger partial charge in [0.25, 0.3) is 0 Å². The van der Waals surface area contributed by atoms with Crippen molar-refractivity contribution in [2.24, 2.45) is 7.05 Å². The summed E-state index contributed by atoms with van der Waals surface area (Å²) in [6.07, 6.45) is 2.24. The fraction of sp³-hybridized carbons (Fsp3) is 0.333. The number of aryl methyl sites for hydroxylation is 2. The van der Waals surface area contributed by atoms with Gasteiger partial charge < -0.3 is 10.2 Å². The molecule has 5 heteroatoms. The maximum atomic E-state index is 12.7. The van der Waals surface area contributed by atoms with E-state index in [0.717, 1.165) is 42.1 Å². The van der Waals surface area contributed by atoms with Crippen molar-refractivity contribution in [3.63, 3.8) is 0 Å². The Morgan fingerprint density at radius 2 is 1.86 bits per heavy atom. The molecule has 0 atom stereocenters. The molecule has 29 heavy (non-hydrogen) atoms. The summed E-state index contributed by atoms with van der Waals surface area (Å²) < 4.78 is 1.88. The fourth-order valence-electron chi connectivity index (χ4n) is 4.19. The Bertz CT molecular complexity index is 1040. The van der Waals surface area contributed by atoms with E-state index in [-0.39, 0.29) is 5.91 Å². The van der Waals surface area contributed by atoms with Gasteiger partial charge in [-0.1, -0.05) is 36.4 Å². The molecule has 0 saturated carbocycles. The van der Waals surface area contributed by atoms with Gasteiger partial charge >= 0.3 is 0 Å². The number of carbonyl (C=O) groups excluding carboxylic acids is 1. The molecule has 0 radical (unpaired) electrons. The zero-order chi connectivity index (χ0) is 20.4. The minimum atomic E-state index is 0.0434. The third-order valence-electron chi connectivity index (χ3n) is 5.90. The minimum absolute atomic E-state index is 0.0434. The van der Waals surface area contributed by atoms with Crippen molar-refractivity contribution in [3.8, 4) is 0 Å². The van der Waals surface area contributed by atoms with Crippen molar-refractivity contribution >= 4 is 17.3 Å². The van der Waals surface area contributed by atoms with E-state index in [1.165, 1.54) is 16.8 Å². The van der Waals surface area contributed by atoms with E-state index in [9.17, 15) is 4.79 Å². The molecule has 0 bridgehead atoms. The molecule has 0 saturated heterocycles. The van der Waals surface area contributed by atoms with Crippen molar-refractivity contribution in [2.45, 2.75) is 39.7 Å². The van der Waals surface area contributed by atoms with Crippen molar-refractivity contribution < 1.29 is 4.79 Å². The molecule has 1 N–H and O–H groups in total. The van der Waals surface area contributed by atoms with Gasteiger partial charge in [0.1, 0.15) is 0 Å². The van der Waals surface area contributed by atoms with Crippen LogP contribution in [-0.2, 0) is 31.2 Å². The third-order valence-corrected chi connectivity index (χ3v) is 5.90. The van der Waals surface area contributed by atoms with Crippen LogP contribution in [0.5, 0.6) is 0 Å². The van der Waals surface area contributed by atoms with Crippen LogP contribution in [0.1, 0.15) is 34.5 Å². The van der Waals surface area contributed by atoms with Gasteiger partial charge in [-0.15, -0.1) is 0 Å². The van der Waals surface area contributed by atoms with Crippen LogP contribution >= 0.6 is 0 Å². The highest BCUT2D eigenvalue weighted by atomic mass is 16.1. The molecule has 2 aromatic carbocycles. The van der Waals surface area contributed by atoms with Crippen LogP contribution in [-0.4, -0.2) is 22.2 Å². The minimum Gasteiger partial charge on any atom is -0.367 e. The lowest BCUT2D eigenvalue weighted by molar-refractivity contribution is -0.116. The van der Waals surface area contributed by atoms with Gasteiger partial charge in [0.05, 0.1) is 5.69 Å². The lowest BCUT2D eigenvalue weighted by atomic mass is 10.1. The molecule has 5 nitrogen and oxygen atoms in total.